The predicted octanol–water partition coefficient (Wildman–Crippen LogP) is 7.06. The van der Waals surface area contributed by atoms with Gasteiger partial charge < -0.3 is 18.4 Å². The van der Waals surface area contributed by atoms with Gasteiger partial charge in [0.2, 0.25) is 0 Å². The largest absolute Gasteiger partial charge is 0.456 e. The minimum absolute atomic E-state index is 0.00582. The van der Waals surface area contributed by atoms with Gasteiger partial charge in [0.1, 0.15) is 11.5 Å². The van der Waals surface area contributed by atoms with Gasteiger partial charge in [0.25, 0.3) is 13.4 Å². The first-order chi connectivity index (χ1) is 26.9. The van der Waals surface area contributed by atoms with Crippen LogP contribution in [0.3, 0.4) is 0 Å². The van der Waals surface area contributed by atoms with Gasteiger partial charge in [-0.05, 0) is 51.6 Å². The third-order valence-electron chi connectivity index (χ3n) is 13.3. The van der Waals surface area contributed by atoms with Gasteiger partial charge in [-0.1, -0.05) is 127 Å². The number of benzene rings is 8. The Kier molecular flexibility index (Phi) is 4.38. The minimum atomic E-state index is -0.00978. The van der Waals surface area contributed by atoms with Crippen LogP contribution in [0.2, 0.25) is 0 Å². The molecule has 7 heterocycles. The van der Waals surface area contributed by atoms with Crippen LogP contribution in [0.5, 0.6) is 11.5 Å². The van der Waals surface area contributed by atoms with Crippen LogP contribution in [-0.4, -0.2) is 27.1 Å². The zero-order valence-electron chi connectivity index (χ0n) is 28.8. The summed E-state index contributed by atoms with van der Waals surface area (Å²) in [7, 11) is 0. The van der Waals surface area contributed by atoms with Crippen molar-refractivity contribution in [3.63, 3.8) is 0 Å². The fraction of sp³-hybridized carbons (Fsp3) is 0. The first-order valence-electron chi connectivity index (χ1n) is 18.9. The van der Waals surface area contributed by atoms with Gasteiger partial charge in [-0.3, -0.25) is 0 Å². The summed E-state index contributed by atoms with van der Waals surface area (Å²) in [5.74, 6) is 1.91. The average molecular weight is 681 g/mol. The molecule has 15 rings (SSSR count). The molecule has 0 saturated carbocycles. The maximum atomic E-state index is 7.45. The van der Waals surface area contributed by atoms with Gasteiger partial charge in [-0.2, -0.15) is 0 Å². The molecule has 0 amide bonds. The summed E-state index contributed by atoms with van der Waals surface area (Å²) in [5, 5.41) is 7.71. The molecule has 0 unspecified atom stereocenters. The normalized spacial score (nSPS) is 14.0. The van der Waals surface area contributed by atoms with Crippen LogP contribution >= 0.6 is 0 Å². The number of rotatable bonds is 0. The van der Waals surface area contributed by atoms with Crippen molar-refractivity contribution >= 4 is 112 Å². The fourth-order valence-electron chi connectivity index (χ4n) is 11.5. The number of nitrogens with zero attached hydrogens (tertiary/aromatic N) is 3. The van der Waals surface area contributed by atoms with E-state index < -0.39 is 0 Å². The molecule has 0 radical (unpaired) electrons. The first kappa shape index (κ1) is 26.8. The topological polar surface area (TPSA) is 24.0 Å². The zero-order chi connectivity index (χ0) is 34.6. The Morgan fingerprint density at radius 2 is 0.722 bits per heavy atom. The Morgan fingerprint density at radius 3 is 1.26 bits per heavy atom. The molecule has 0 N–H and O–H groups in total. The Morgan fingerprint density at radius 1 is 0.333 bits per heavy atom. The standard InChI is InChI=1S/C48H25B2N3O/c1-5-22-36-26(12-1)30-16-10-20-34-43(30)51(36)45-40-47(53-38-24-7-3-14-28(38)31-17-11-21-35(44(31)53)50(34)40)48-41-46(45)52-37-23-6-2-13-27(37)29-15-9-19-33(42(29)52)49(41)32-18-4-8-25-39(32)54-48/h1-25H. The summed E-state index contributed by atoms with van der Waals surface area (Å²) in [5.41, 5.74) is 19.0. The summed E-state index contributed by atoms with van der Waals surface area (Å²) in [6.45, 7) is -0.00396. The van der Waals surface area contributed by atoms with E-state index in [1.807, 2.05) is 0 Å². The van der Waals surface area contributed by atoms with Crippen LogP contribution in [0.15, 0.2) is 152 Å². The molecule has 0 spiro atoms. The summed E-state index contributed by atoms with van der Waals surface area (Å²) in [4.78, 5) is 0. The molecule has 0 bridgehead atoms. The summed E-state index contributed by atoms with van der Waals surface area (Å²) in [6, 6.07) is 56.6. The summed E-state index contributed by atoms with van der Waals surface area (Å²) in [6.07, 6.45) is 0. The molecule has 0 aliphatic carbocycles. The zero-order valence-corrected chi connectivity index (χ0v) is 28.8. The van der Waals surface area contributed by atoms with Gasteiger partial charge in [-0.15, -0.1) is 0 Å². The second-order valence-corrected chi connectivity index (χ2v) is 15.5. The highest BCUT2D eigenvalue weighted by Gasteiger charge is 2.50. The van der Waals surface area contributed by atoms with Crippen LogP contribution in [-0.2, 0) is 0 Å². The predicted molar refractivity (Wildman–Crippen MR) is 225 cm³/mol. The lowest BCUT2D eigenvalue weighted by molar-refractivity contribution is 0.485. The molecule has 244 valence electrons. The maximum absolute atomic E-state index is 7.45. The monoisotopic (exact) mass is 681 g/mol. The molecule has 3 aromatic heterocycles. The smallest absolute Gasteiger partial charge is 0.256 e. The van der Waals surface area contributed by atoms with Crippen LogP contribution in [0.1, 0.15) is 0 Å². The van der Waals surface area contributed by atoms with E-state index in [4.69, 9.17) is 4.74 Å². The third kappa shape index (κ3) is 2.73. The number of para-hydroxylation sites is 7. The van der Waals surface area contributed by atoms with E-state index >= 15 is 0 Å². The highest BCUT2D eigenvalue weighted by Crippen LogP contribution is 2.47. The number of aromatic nitrogens is 3. The van der Waals surface area contributed by atoms with Crippen LogP contribution in [0.25, 0.3) is 82.5 Å². The SMILES string of the molecule is c1ccc2c(c1)Oc1c3c(c4c5c1-n1c6ccccc6c6cccc(c61)B5c1cccc5c6ccccc6n-4c15)-n1c4ccccc4c4cccc(c41)B23. The molecule has 4 aliphatic rings. The van der Waals surface area contributed by atoms with Crippen LogP contribution < -0.4 is 37.5 Å². The Bertz CT molecular complexity index is 3620. The number of hydrogen-bond acceptors (Lipinski definition) is 1. The minimum Gasteiger partial charge on any atom is -0.456 e. The van der Waals surface area contributed by atoms with E-state index in [9.17, 15) is 0 Å². The average Bonchev–Trinajstić information content (AvgIpc) is 3.87. The van der Waals surface area contributed by atoms with Crippen molar-refractivity contribution in [1.29, 1.82) is 0 Å². The molecule has 4 nitrogen and oxygen atoms in total. The number of hydrogen-bond donors (Lipinski definition) is 0. The van der Waals surface area contributed by atoms with Gasteiger partial charge in [0, 0.05) is 54.3 Å². The molecular weight excluding hydrogens is 656 g/mol. The molecule has 0 fully saturated rings. The van der Waals surface area contributed by atoms with Crippen molar-refractivity contribution in [3.8, 4) is 28.6 Å². The molecule has 0 saturated heterocycles. The van der Waals surface area contributed by atoms with E-state index in [0.717, 1.165) is 11.5 Å². The second-order valence-electron chi connectivity index (χ2n) is 15.5. The van der Waals surface area contributed by atoms with Crippen molar-refractivity contribution < 1.29 is 4.74 Å². The fourth-order valence-corrected chi connectivity index (χ4v) is 11.5. The van der Waals surface area contributed by atoms with Gasteiger partial charge in [0.15, 0.2) is 0 Å². The van der Waals surface area contributed by atoms with Crippen molar-refractivity contribution in [2.75, 3.05) is 0 Å². The number of fused-ring (bicyclic) bond motifs is 19. The van der Waals surface area contributed by atoms with Crippen molar-refractivity contribution in [2.45, 2.75) is 0 Å². The van der Waals surface area contributed by atoms with Gasteiger partial charge in [-0.25, -0.2) is 0 Å². The lowest BCUT2D eigenvalue weighted by Crippen LogP contribution is -2.64. The van der Waals surface area contributed by atoms with Crippen molar-refractivity contribution in [1.82, 2.24) is 13.7 Å². The molecule has 8 aromatic carbocycles. The highest BCUT2D eigenvalue weighted by molar-refractivity contribution is 7.02. The van der Waals surface area contributed by atoms with Crippen molar-refractivity contribution in [3.05, 3.63) is 152 Å². The summed E-state index contributed by atoms with van der Waals surface area (Å²) < 4.78 is 15.3. The quantitative estimate of drug-likeness (QED) is 0.158. The Labute approximate surface area is 309 Å². The van der Waals surface area contributed by atoms with Gasteiger partial charge >= 0.3 is 0 Å². The maximum Gasteiger partial charge on any atom is 0.256 e. The lowest BCUT2D eigenvalue weighted by atomic mass is 9.31. The Hall–Kier alpha value is -6.91. The van der Waals surface area contributed by atoms with E-state index in [-0.39, 0.29) is 13.4 Å². The van der Waals surface area contributed by atoms with E-state index in [0.29, 0.717) is 0 Å². The molecule has 54 heavy (non-hydrogen) atoms. The van der Waals surface area contributed by atoms with E-state index in [1.165, 1.54) is 115 Å². The van der Waals surface area contributed by atoms with Crippen LogP contribution in [0, 0.1) is 0 Å². The van der Waals surface area contributed by atoms with E-state index in [1.54, 1.807) is 0 Å². The Balaban J connectivity index is 1.29. The van der Waals surface area contributed by atoms with Crippen LogP contribution in [0.4, 0.5) is 0 Å². The summed E-state index contributed by atoms with van der Waals surface area (Å²) >= 11 is 0. The first-order valence-corrected chi connectivity index (χ1v) is 18.9. The third-order valence-corrected chi connectivity index (χ3v) is 13.3. The lowest BCUT2D eigenvalue weighted by Gasteiger charge is -2.41. The van der Waals surface area contributed by atoms with Gasteiger partial charge in [0.05, 0.1) is 33.6 Å². The second kappa shape index (κ2) is 8.82. The molecule has 6 heteroatoms. The molecule has 11 aromatic rings. The molecule has 0 atom stereocenters. The molecular formula is C48H25B2N3O. The molecule has 4 aliphatic heterocycles. The van der Waals surface area contributed by atoms with E-state index in [2.05, 4.69) is 165 Å². The highest BCUT2D eigenvalue weighted by atomic mass is 16.5. The number of ether oxygens (including phenoxy) is 1. The van der Waals surface area contributed by atoms with Crippen molar-refractivity contribution in [2.24, 2.45) is 0 Å².